The molecular formula is C27H36N4O4S. The van der Waals surface area contributed by atoms with Gasteiger partial charge in [-0.1, -0.05) is 37.5 Å². The Morgan fingerprint density at radius 1 is 1.17 bits per heavy atom. The van der Waals surface area contributed by atoms with E-state index in [1.165, 1.54) is 25.3 Å². The van der Waals surface area contributed by atoms with Crippen molar-refractivity contribution in [2.45, 2.75) is 81.4 Å². The molecule has 1 amide bonds. The first-order valence-corrected chi connectivity index (χ1v) is 14.6. The average Bonchev–Trinajstić information content (AvgIpc) is 3.65. The topological polar surface area (TPSA) is 101 Å². The molecule has 0 radical (unpaired) electrons. The van der Waals surface area contributed by atoms with Crippen LogP contribution < -0.4 is 19.7 Å². The van der Waals surface area contributed by atoms with E-state index in [0.29, 0.717) is 30.3 Å². The second kappa shape index (κ2) is 10.0. The molecule has 2 N–H and O–H groups in total. The lowest BCUT2D eigenvalue weighted by Crippen LogP contribution is -2.49. The number of aromatic nitrogens is 1. The molecule has 5 rings (SSSR count). The summed E-state index contributed by atoms with van der Waals surface area (Å²) in [6, 6.07) is 11.3. The number of nitrogens with one attached hydrogen (secondary N) is 2. The zero-order valence-corrected chi connectivity index (χ0v) is 21.9. The fourth-order valence-corrected chi connectivity index (χ4v) is 6.32. The van der Waals surface area contributed by atoms with E-state index in [1.54, 1.807) is 12.1 Å². The largest absolute Gasteiger partial charge is 0.477 e. The molecule has 0 spiro atoms. The van der Waals surface area contributed by atoms with E-state index >= 15 is 0 Å². The van der Waals surface area contributed by atoms with Gasteiger partial charge in [0.1, 0.15) is 11.6 Å². The molecule has 1 atom stereocenters. The third-order valence-corrected chi connectivity index (χ3v) is 8.77. The Morgan fingerprint density at radius 2 is 1.94 bits per heavy atom. The first-order chi connectivity index (χ1) is 17.3. The standard InChI is InChI=1S/C27H36N4O4S/c1-19-11-12-22(21-7-4-3-5-8-21)23(17-19)35-27(13-14-27)26(32)30-36(33,34)25-10-6-9-24(29-25)31-16-15-28-20(2)18-31/h6,9-12,17,20-21,28H,3-5,7-8,13-16,18H2,1-2H3,(H,30,32). The number of carbonyl (C=O) groups is 1. The molecule has 2 heterocycles. The summed E-state index contributed by atoms with van der Waals surface area (Å²) in [7, 11) is -4.14. The molecule has 2 aliphatic carbocycles. The molecule has 3 fully saturated rings. The highest BCUT2D eigenvalue weighted by atomic mass is 32.2. The van der Waals surface area contributed by atoms with Crippen molar-refractivity contribution in [3.63, 3.8) is 0 Å². The lowest BCUT2D eigenvalue weighted by Gasteiger charge is -2.32. The van der Waals surface area contributed by atoms with Crippen molar-refractivity contribution < 1.29 is 17.9 Å². The average molecular weight is 513 g/mol. The number of piperazine rings is 1. The van der Waals surface area contributed by atoms with Gasteiger partial charge in [-0.05, 0) is 61.9 Å². The van der Waals surface area contributed by atoms with E-state index in [0.717, 1.165) is 43.6 Å². The fraction of sp³-hybridized carbons (Fsp3) is 0.556. The summed E-state index contributed by atoms with van der Waals surface area (Å²) < 4.78 is 34.9. The van der Waals surface area contributed by atoms with Crippen LogP contribution in [-0.4, -0.2) is 50.6 Å². The van der Waals surface area contributed by atoms with Gasteiger partial charge in [0.15, 0.2) is 10.6 Å². The van der Waals surface area contributed by atoms with Crippen molar-refractivity contribution in [2.24, 2.45) is 0 Å². The van der Waals surface area contributed by atoms with Crippen molar-refractivity contribution in [3.8, 4) is 5.75 Å². The molecule has 1 aliphatic heterocycles. The maximum atomic E-state index is 13.3. The third-order valence-electron chi connectivity index (χ3n) is 7.54. The molecule has 9 heteroatoms. The van der Waals surface area contributed by atoms with Crippen LogP contribution >= 0.6 is 0 Å². The molecule has 1 aromatic carbocycles. The quantitative estimate of drug-likeness (QED) is 0.584. The summed E-state index contributed by atoms with van der Waals surface area (Å²) in [4.78, 5) is 19.7. The Morgan fingerprint density at radius 3 is 2.67 bits per heavy atom. The molecule has 2 saturated carbocycles. The number of sulfonamides is 1. The highest BCUT2D eigenvalue weighted by molar-refractivity contribution is 7.90. The number of rotatable bonds is 7. The van der Waals surface area contributed by atoms with E-state index in [-0.39, 0.29) is 11.1 Å². The minimum Gasteiger partial charge on any atom is -0.477 e. The molecule has 8 nitrogen and oxygen atoms in total. The first-order valence-electron chi connectivity index (χ1n) is 13.1. The number of carbonyl (C=O) groups excluding carboxylic acids is 1. The van der Waals surface area contributed by atoms with Gasteiger partial charge in [0.2, 0.25) is 0 Å². The van der Waals surface area contributed by atoms with E-state index in [1.807, 2.05) is 13.0 Å². The van der Waals surface area contributed by atoms with Gasteiger partial charge in [0, 0.05) is 38.5 Å². The van der Waals surface area contributed by atoms with E-state index < -0.39 is 21.5 Å². The van der Waals surface area contributed by atoms with Crippen LogP contribution in [0.2, 0.25) is 0 Å². The van der Waals surface area contributed by atoms with Crippen molar-refractivity contribution in [3.05, 3.63) is 47.5 Å². The summed E-state index contributed by atoms with van der Waals surface area (Å²) in [6.45, 7) is 6.36. The van der Waals surface area contributed by atoms with Gasteiger partial charge in [-0.2, -0.15) is 8.42 Å². The predicted octanol–water partition coefficient (Wildman–Crippen LogP) is 3.65. The van der Waals surface area contributed by atoms with Crippen molar-refractivity contribution >= 4 is 21.7 Å². The van der Waals surface area contributed by atoms with Gasteiger partial charge < -0.3 is 15.0 Å². The summed E-state index contributed by atoms with van der Waals surface area (Å²) in [5.74, 6) is 1.09. The minimum atomic E-state index is -4.14. The number of hydrogen-bond acceptors (Lipinski definition) is 7. The molecule has 1 saturated heterocycles. The number of anilines is 1. The molecule has 194 valence electrons. The lowest BCUT2D eigenvalue weighted by molar-refractivity contribution is -0.128. The van der Waals surface area contributed by atoms with Gasteiger partial charge >= 0.3 is 0 Å². The van der Waals surface area contributed by atoms with Crippen LogP contribution in [0.1, 0.15) is 68.9 Å². The Bertz CT molecular complexity index is 1220. The van der Waals surface area contributed by atoms with Gasteiger partial charge in [-0.15, -0.1) is 0 Å². The smallest absolute Gasteiger partial charge is 0.281 e. The third kappa shape index (κ3) is 5.37. The number of amides is 1. The maximum absolute atomic E-state index is 13.3. The molecule has 1 aromatic heterocycles. The number of benzene rings is 1. The summed E-state index contributed by atoms with van der Waals surface area (Å²) in [5.41, 5.74) is 1.02. The van der Waals surface area contributed by atoms with Crippen LogP contribution in [0.5, 0.6) is 5.75 Å². The second-order valence-electron chi connectivity index (χ2n) is 10.5. The predicted molar refractivity (Wildman–Crippen MR) is 139 cm³/mol. The molecular weight excluding hydrogens is 476 g/mol. The Balaban J connectivity index is 1.32. The minimum absolute atomic E-state index is 0.159. The van der Waals surface area contributed by atoms with Gasteiger partial charge in [0.05, 0.1) is 0 Å². The normalized spacial score (nSPS) is 22.2. The molecule has 2 aromatic rings. The van der Waals surface area contributed by atoms with Crippen LogP contribution in [0.3, 0.4) is 0 Å². The van der Waals surface area contributed by atoms with E-state index in [9.17, 15) is 13.2 Å². The van der Waals surface area contributed by atoms with Crippen LogP contribution in [0.15, 0.2) is 41.4 Å². The number of pyridine rings is 1. The highest BCUT2D eigenvalue weighted by Crippen LogP contribution is 2.45. The van der Waals surface area contributed by atoms with E-state index in [2.05, 4.69) is 39.0 Å². The fourth-order valence-electron chi connectivity index (χ4n) is 5.32. The number of ether oxygens (including phenoxy) is 1. The number of hydrogen-bond donors (Lipinski definition) is 2. The zero-order chi connectivity index (χ0) is 25.3. The van der Waals surface area contributed by atoms with Gasteiger partial charge in [-0.25, -0.2) is 9.71 Å². The Labute approximate surface area is 213 Å². The van der Waals surface area contributed by atoms with Crippen LogP contribution in [0.4, 0.5) is 5.82 Å². The summed E-state index contributed by atoms with van der Waals surface area (Å²) >= 11 is 0. The molecule has 0 bridgehead atoms. The molecule has 36 heavy (non-hydrogen) atoms. The van der Waals surface area contributed by atoms with Crippen LogP contribution in [0.25, 0.3) is 0 Å². The second-order valence-corrected chi connectivity index (χ2v) is 12.2. The summed E-state index contributed by atoms with van der Waals surface area (Å²) in [5, 5.41) is 3.21. The van der Waals surface area contributed by atoms with E-state index in [4.69, 9.17) is 4.74 Å². The SMILES string of the molecule is Cc1ccc(C2CCCCC2)c(OC2(C(=O)NS(=O)(=O)c3cccc(N4CCNC(C)C4)n3)CC2)c1. The highest BCUT2D eigenvalue weighted by Gasteiger charge is 2.54. The molecule has 1 unspecified atom stereocenters. The van der Waals surface area contributed by atoms with Crippen molar-refractivity contribution in [1.29, 1.82) is 0 Å². The van der Waals surface area contributed by atoms with Gasteiger partial charge in [0.25, 0.3) is 15.9 Å². The first kappa shape index (κ1) is 25.0. The maximum Gasteiger partial charge on any atom is 0.281 e. The summed E-state index contributed by atoms with van der Waals surface area (Å²) in [6.07, 6.45) is 6.84. The zero-order valence-electron chi connectivity index (χ0n) is 21.1. The monoisotopic (exact) mass is 512 g/mol. The Hall–Kier alpha value is -2.65. The number of aryl methyl sites for hydroxylation is 1. The lowest BCUT2D eigenvalue weighted by atomic mass is 9.83. The Kier molecular flexibility index (Phi) is 6.96. The number of nitrogens with zero attached hydrogens (tertiary/aromatic N) is 2. The van der Waals surface area contributed by atoms with Crippen LogP contribution in [-0.2, 0) is 14.8 Å². The van der Waals surface area contributed by atoms with Crippen molar-refractivity contribution in [2.75, 3.05) is 24.5 Å². The van der Waals surface area contributed by atoms with Crippen molar-refractivity contribution in [1.82, 2.24) is 15.0 Å². The van der Waals surface area contributed by atoms with Crippen LogP contribution in [0, 0.1) is 6.92 Å². The molecule has 3 aliphatic rings. The van der Waals surface area contributed by atoms with Gasteiger partial charge in [-0.3, -0.25) is 4.79 Å².